The van der Waals surface area contributed by atoms with Crippen molar-refractivity contribution in [3.05, 3.63) is 29.8 Å². The number of halogens is 1. The number of carbonyl (C=O) groups excluding carboxylic acids is 1. The Bertz CT molecular complexity index is 381. The maximum atomic E-state index is 11.6. The van der Waals surface area contributed by atoms with Gasteiger partial charge in [0.25, 0.3) is 0 Å². The second-order valence-electron chi connectivity index (χ2n) is 3.88. The molecule has 2 rings (SSSR count). The molecule has 4 nitrogen and oxygen atoms in total. The van der Waals surface area contributed by atoms with E-state index in [0.717, 1.165) is 24.4 Å². The number of benzene rings is 1. The van der Waals surface area contributed by atoms with Crippen molar-refractivity contribution in [1.29, 1.82) is 0 Å². The minimum absolute atomic E-state index is 0. The molecule has 1 saturated heterocycles. The zero-order valence-electron chi connectivity index (χ0n) is 9.73. The summed E-state index contributed by atoms with van der Waals surface area (Å²) in [6.45, 7) is 2.11. The van der Waals surface area contributed by atoms with Gasteiger partial charge in [-0.3, -0.25) is 4.79 Å². The summed E-state index contributed by atoms with van der Waals surface area (Å²) in [4.78, 5) is 11.6. The molecule has 1 heterocycles. The van der Waals surface area contributed by atoms with Gasteiger partial charge >= 0.3 is 0 Å². The third-order valence-electron chi connectivity index (χ3n) is 2.80. The van der Waals surface area contributed by atoms with Crippen LogP contribution in [0.2, 0.25) is 0 Å². The highest BCUT2D eigenvalue weighted by Crippen LogP contribution is 2.16. The molecule has 0 aromatic heterocycles. The summed E-state index contributed by atoms with van der Waals surface area (Å²) in [7, 11) is 1.64. The van der Waals surface area contributed by atoms with Crippen molar-refractivity contribution in [2.75, 3.05) is 20.2 Å². The van der Waals surface area contributed by atoms with E-state index >= 15 is 0 Å². The van der Waals surface area contributed by atoms with Gasteiger partial charge < -0.3 is 15.4 Å². The first-order valence-corrected chi connectivity index (χ1v) is 5.41. The molecule has 2 N–H and O–H groups in total. The quantitative estimate of drug-likeness (QED) is 0.844. The van der Waals surface area contributed by atoms with Gasteiger partial charge in [-0.2, -0.15) is 0 Å². The molecule has 0 radical (unpaired) electrons. The Morgan fingerprint density at radius 2 is 2.18 bits per heavy atom. The highest BCUT2D eigenvalue weighted by atomic mass is 35.5. The molecule has 0 atom stereocenters. The summed E-state index contributed by atoms with van der Waals surface area (Å²) in [5.74, 6) is 1.06. The van der Waals surface area contributed by atoms with Crippen LogP contribution in [0, 0.1) is 5.92 Å². The van der Waals surface area contributed by atoms with Crippen LogP contribution in [0.4, 0.5) is 0 Å². The summed E-state index contributed by atoms with van der Waals surface area (Å²) >= 11 is 0. The molecule has 0 spiro atoms. The van der Waals surface area contributed by atoms with Gasteiger partial charge in [0, 0.05) is 25.2 Å². The van der Waals surface area contributed by atoms with Gasteiger partial charge in [0.1, 0.15) is 5.75 Å². The smallest absolute Gasteiger partial charge is 0.225 e. The van der Waals surface area contributed by atoms with Crippen LogP contribution in [-0.2, 0) is 11.3 Å². The van der Waals surface area contributed by atoms with Gasteiger partial charge in [-0.05, 0) is 6.07 Å². The summed E-state index contributed by atoms with van der Waals surface area (Å²) in [6.07, 6.45) is 0. The van der Waals surface area contributed by atoms with Crippen molar-refractivity contribution in [1.82, 2.24) is 10.6 Å². The lowest BCUT2D eigenvalue weighted by Gasteiger charge is -2.25. The summed E-state index contributed by atoms with van der Waals surface area (Å²) in [5.41, 5.74) is 1.01. The summed E-state index contributed by atoms with van der Waals surface area (Å²) < 4.78 is 5.21. The molecule has 0 saturated carbocycles. The van der Waals surface area contributed by atoms with Crippen LogP contribution in [-0.4, -0.2) is 26.1 Å². The average molecular weight is 257 g/mol. The van der Waals surface area contributed by atoms with E-state index in [9.17, 15) is 4.79 Å². The lowest BCUT2D eigenvalue weighted by Crippen LogP contribution is -2.50. The van der Waals surface area contributed by atoms with Gasteiger partial charge in [0.05, 0.1) is 13.0 Å². The lowest BCUT2D eigenvalue weighted by atomic mass is 10.0. The highest BCUT2D eigenvalue weighted by molar-refractivity contribution is 5.85. The molecule has 0 bridgehead atoms. The average Bonchev–Trinajstić information content (AvgIpc) is 2.24. The second kappa shape index (κ2) is 6.47. The zero-order valence-corrected chi connectivity index (χ0v) is 10.5. The van der Waals surface area contributed by atoms with Crippen molar-refractivity contribution < 1.29 is 9.53 Å². The maximum absolute atomic E-state index is 11.6. The fourth-order valence-corrected chi connectivity index (χ4v) is 1.65. The minimum Gasteiger partial charge on any atom is -0.496 e. The largest absolute Gasteiger partial charge is 0.496 e. The molecule has 1 aromatic carbocycles. The first-order chi connectivity index (χ1) is 7.81. The number of amides is 1. The molecular formula is C12H17ClN2O2. The van der Waals surface area contributed by atoms with Crippen LogP contribution < -0.4 is 15.4 Å². The van der Waals surface area contributed by atoms with Crippen molar-refractivity contribution in [3.8, 4) is 5.75 Å². The van der Waals surface area contributed by atoms with Crippen LogP contribution in [0.25, 0.3) is 0 Å². The Morgan fingerprint density at radius 1 is 1.47 bits per heavy atom. The van der Waals surface area contributed by atoms with Gasteiger partial charge in [0.15, 0.2) is 0 Å². The van der Waals surface area contributed by atoms with Gasteiger partial charge in [0.2, 0.25) is 5.91 Å². The SMILES string of the molecule is COc1ccccc1CNC(=O)C1CNC1.Cl. The van der Waals surface area contributed by atoms with E-state index in [2.05, 4.69) is 10.6 Å². The Labute approximate surface area is 107 Å². The number of methoxy groups -OCH3 is 1. The molecule has 0 aliphatic carbocycles. The van der Waals surface area contributed by atoms with E-state index in [4.69, 9.17) is 4.74 Å². The van der Waals surface area contributed by atoms with Gasteiger partial charge in [-0.15, -0.1) is 12.4 Å². The Hall–Kier alpha value is -1.26. The van der Waals surface area contributed by atoms with Crippen LogP contribution in [0.15, 0.2) is 24.3 Å². The fraction of sp³-hybridized carbons (Fsp3) is 0.417. The molecule has 1 aliphatic rings. The second-order valence-corrected chi connectivity index (χ2v) is 3.88. The minimum atomic E-state index is 0. The normalized spacial score (nSPS) is 14.4. The van der Waals surface area contributed by atoms with Crippen molar-refractivity contribution in [2.45, 2.75) is 6.54 Å². The molecule has 1 fully saturated rings. The first kappa shape index (κ1) is 13.8. The monoisotopic (exact) mass is 256 g/mol. The molecule has 1 aliphatic heterocycles. The number of nitrogens with one attached hydrogen (secondary N) is 2. The van der Waals surface area contributed by atoms with Gasteiger partial charge in [-0.1, -0.05) is 18.2 Å². The number of carbonyl (C=O) groups is 1. The standard InChI is InChI=1S/C12H16N2O2.ClH/c1-16-11-5-3-2-4-9(11)8-14-12(15)10-6-13-7-10;/h2-5,10,13H,6-8H2,1H3,(H,14,15);1H. The molecular weight excluding hydrogens is 240 g/mol. The lowest BCUT2D eigenvalue weighted by molar-refractivity contribution is -0.126. The zero-order chi connectivity index (χ0) is 11.4. The van der Waals surface area contributed by atoms with Crippen LogP contribution >= 0.6 is 12.4 Å². The van der Waals surface area contributed by atoms with E-state index in [-0.39, 0.29) is 24.2 Å². The number of ether oxygens (including phenoxy) is 1. The van der Waals surface area contributed by atoms with E-state index in [1.165, 1.54) is 0 Å². The predicted molar refractivity (Wildman–Crippen MR) is 68.4 cm³/mol. The molecule has 94 valence electrons. The predicted octanol–water partition coefficient (Wildman–Crippen LogP) is 0.953. The van der Waals surface area contributed by atoms with Crippen molar-refractivity contribution in [3.63, 3.8) is 0 Å². The van der Waals surface area contributed by atoms with E-state index in [1.54, 1.807) is 7.11 Å². The van der Waals surface area contributed by atoms with E-state index in [1.807, 2.05) is 24.3 Å². The summed E-state index contributed by atoms with van der Waals surface area (Å²) in [5, 5.41) is 5.99. The Kier molecular flexibility index (Phi) is 5.25. The molecule has 1 amide bonds. The van der Waals surface area contributed by atoms with Crippen molar-refractivity contribution in [2.24, 2.45) is 5.92 Å². The molecule has 1 aromatic rings. The van der Waals surface area contributed by atoms with Crippen molar-refractivity contribution >= 4 is 18.3 Å². The van der Waals surface area contributed by atoms with Crippen LogP contribution in [0.1, 0.15) is 5.56 Å². The molecule has 17 heavy (non-hydrogen) atoms. The number of hydrogen-bond acceptors (Lipinski definition) is 3. The van der Waals surface area contributed by atoms with E-state index < -0.39 is 0 Å². The number of para-hydroxylation sites is 1. The Balaban J connectivity index is 0.00000144. The summed E-state index contributed by atoms with van der Waals surface area (Å²) in [6, 6.07) is 7.71. The third-order valence-corrected chi connectivity index (χ3v) is 2.80. The fourth-order valence-electron chi connectivity index (χ4n) is 1.65. The number of hydrogen-bond donors (Lipinski definition) is 2. The van der Waals surface area contributed by atoms with Gasteiger partial charge in [-0.25, -0.2) is 0 Å². The molecule has 0 unspecified atom stereocenters. The molecule has 5 heteroatoms. The van der Waals surface area contributed by atoms with E-state index in [0.29, 0.717) is 6.54 Å². The topological polar surface area (TPSA) is 50.4 Å². The maximum Gasteiger partial charge on any atom is 0.225 e. The van der Waals surface area contributed by atoms with Crippen LogP contribution in [0.3, 0.4) is 0 Å². The first-order valence-electron chi connectivity index (χ1n) is 5.41. The van der Waals surface area contributed by atoms with Crippen LogP contribution in [0.5, 0.6) is 5.75 Å². The number of rotatable bonds is 4. The highest BCUT2D eigenvalue weighted by Gasteiger charge is 2.24. The Morgan fingerprint density at radius 3 is 2.76 bits per heavy atom. The third kappa shape index (κ3) is 3.35.